The Bertz CT molecular complexity index is 364. The predicted octanol–water partition coefficient (Wildman–Crippen LogP) is 0.737. The van der Waals surface area contributed by atoms with Gasteiger partial charge in [-0.05, 0) is 6.07 Å². The van der Waals surface area contributed by atoms with Gasteiger partial charge < -0.3 is 9.84 Å². The van der Waals surface area contributed by atoms with Gasteiger partial charge in [0, 0.05) is 18.2 Å². The number of aliphatic hydroxyl groups is 1. The van der Waals surface area contributed by atoms with Crippen molar-refractivity contribution < 1.29 is 14.6 Å². The highest BCUT2D eigenvalue weighted by Crippen LogP contribution is 2.30. The lowest BCUT2D eigenvalue weighted by Gasteiger charge is -2.19. The molecule has 1 atom stereocenters. The lowest BCUT2D eigenvalue weighted by Crippen LogP contribution is -2.29. The van der Waals surface area contributed by atoms with E-state index in [0.29, 0.717) is 11.1 Å². The number of nitrogens with zero attached hydrogens (tertiary/aromatic N) is 1. The molecular weight excluding hydrogens is 182 g/mol. The van der Waals surface area contributed by atoms with Gasteiger partial charge in [0.25, 0.3) is 5.91 Å². The molecule has 0 aromatic heterocycles. The Morgan fingerprint density at radius 1 is 1.50 bits per heavy atom. The number of carbonyl (C=O) groups is 1. The quantitative estimate of drug-likeness (QED) is 0.753. The number of carbonyl (C=O) groups excluding carboxylic acids is 1. The van der Waals surface area contributed by atoms with E-state index in [0.717, 1.165) is 0 Å². The van der Waals surface area contributed by atoms with Crippen LogP contribution in [-0.2, 0) is 4.74 Å². The van der Waals surface area contributed by atoms with Crippen LogP contribution in [0.2, 0.25) is 0 Å². The maximum atomic E-state index is 11.7. The van der Waals surface area contributed by atoms with Gasteiger partial charge >= 0.3 is 0 Å². The van der Waals surface area contributed by atoms with E-state index in [9.17, 15) is 9.90 Å². The summed E-state index contributed by atoms with van der Waals surface area (Å²) in [5, 5.41) is 9.77. The second-order valence-corrected chi connectivity index (χ2v) is 3.15. The third-order valence-corrected chi connectivity index (χ3v) is 2.29. The van der Waals surface area contributed by atoms with Crippen molar-refractivity contribution in [3.63, 3.8) is 0 Å². The minimum absolute atomic E-state index is 0.106. The van der Waals surface area contributed by atoms with Crippen LogP contribution in [-0.4, -0.2) is 29.8 Å². The summed E-state index contributed by atoms with van der Waals surface area (Å²) in [6.45, 7) is 0.106. The second-order valence-electron chi connectivity index (χ2n) is 3.15. The fourth-order valence-electron chi connectivity index (χ4n) is 1.62. The molecule has 0 radical (unpaired) electrons. The van der Waals surface area contributed by atoms with Crippen LogP contribution in [0.5, 0.6) is 0 Å². The molecule has 1 heterocycles. The van der Waals surface area contributed by atoms with Crippen molar-refractivity contribution in [1.82, 2.24) is 4.90 Å². The van der Waals surface area contributed by atoms with E-state index in [2.05, 4.69) is 0 Å². The molecule has 0 aliphatic carbocycles. The molecule has 0 spiro atoms. The average molecular weight is 193 g/mol. The van der Waals surface area contributed by atoms with Gasteiger partial charge in [0.2, 0.25) is 0 Å². The lowest BCUT2D eigenvalue weighted by atomic mass is 10.1. The van der Waals surface area contributed by atoms with E-state index in [-0.39, 0.29) is 12.6 Å². The summed E-state index contributed by atoms with van der Waals surface area (Å²) in [5.74, 6) is -0.185. The summed E-state index contributed by atoms with van der Waals surface area (Å²) in [6, 6.07) is 7.02. The predicted molar refractivity (Wildman–Crippen MR) is 49.4 cm³/mol. The molecule has 74 valence electrons. The highest BCUT2D eigenvalue weighted by molar-refractivity contribution is 5.98. The van der Waals surface area contributed by atoms with Gasteiger partial charge in [-0.25, -0.2) is 0 Å². The first-order valence-electron chi connectivity index (χ1n) is 4.32. The molecule has 1 aliphatic heterocycles. The number of rotatable bonds is 2. The van der Waals surface area contributed by atoms with Crippen LogP contribution in [0.15, 0.2) is 24.3 Å². The van der Waals surface area contributed by atoms with Crippen molar-refractivity contribution in [1.29, 1.82) is 0 Å². The molecule has 0 saturated carbocycles. The average Bonchev–Trinajstić information content (AvgIpc) is 2.45. The normalized spacial score (nSPS) is 20.0. The number of amides is 1. The van der Waals surface area contributed by atoms with E-state index in [1.807, 2.05) is 0 Å². The van der Waals surface area contributed by atoms with Crippen LogP contribution in [0.3, 0.4) is 0 Å². The third-order valence-electron chi connectivity index (χ3n) is 2.29. The van der Waals surface area contributed by atoms with Crippen LogP contribution in [0, 0.1) is 0 Å². The Hall–Kier alpha value is -1.39. The molecule has 2 rings (SSSR count). The Balaban J connectivity index is 2.38. The zero-order valence-corrected chi connectivity index (χ0v) is 7.80. The van der Waals surface area contributed by atoms with Crippen LogP contribution in [0.25, 0.3) is 0 Å². The monoisotopic (exact) mass is 193 g/mol. The van der Waals surface area contributed by atoms with E-state index in [1.165, 1.54) is 12.0 Å². The number of benzene rings is 1. The lowest BCUT2D eigenvalue weighted by molar-refractivity contribution is -0.0336. The minimum Gasteiger partial charge on any atom is -0.369 e. The fraction of sp³-hybridized carbons (Fsp3) is 0.300. The second kappa shape index (κ2) is 3.40. The van der Waals surface area contributed by atoms with Crippen molar-refractivity contribution in [3.8, 4) is 0 Å². The topological polar surface area (TPSA) is 49.8 Å². The molecular formula is C10H11NO3. The highest BCUT2D eigenvalue weighted by atomic mass is 16.5. The van der Waals surface area contributed by atoms with Crippen molar-refractivity contribution in [2.24, 2.45) is 0 Å². The standard InChI is InChI=1S/C10H11NO3/c1-14-6-11-9(12)7-4-2-3-5-8(7)10(11)13/h2-5,9,12H,6H2,1H3. The highest BCUT2D eigenvalue weighted by Gasteiger charge is 2.34. The van der Waals surface area contributed by atoms with Gasteiger partial charge in [0.15, 0.2) is 6.23 Å². The minimum atomic E-state index is -0.876. The Morgan fingerprint density at radius 3 is 2.86 bits per heavy atom. The Kier molecular flexibility index (Phi) is 2.23. The summed E-state index contributed by atoms with van der Waals surface area (Å²) >= 11 is 0. The van der Waals surface area contributed by atoms with E-state index >= 15 is 0 Å². The number of ether oxygens (including phenoxy) is 1. The molecule has 1 aliphatic rings. The van der Waals surface area contributed by atoms with Crippen LogP contribution < -0.4 is 0 Å². The summed E-state index contributed by atoms with van der Waals surface area (Å²) in [4.78, 5) is 13.0. The Labute approximate surface area is 81.7 Å². The van der Waals surface area contributed by atoms with Crippen LogP contribution >= 0.6 is 0 Å². The zero-order chi connectivity index (χ0) is 10.1. The van der Waals surface area contributed by atoms with E-state index in [1.54, 1.807) is 24.3 Å². The maximum absolute atomic E-state index is 11.7. The summed E-state index contributed by atoms with van der Waals surface area (Å²) < 4.78 is 4.84. The van der Waals surface area contributed by atoms with Crippen molar-refractivity contribution in [2.45, 2.75) is 6.23 Å². The molecule has 14 heavy (non-hydrogen) atoms. The van der Waals surface area contributed by atoms with Crippen molar-refractivity contribution in [2.75, 3.05) is 13.8 Å². The van der Waals surface area contributed by atoms with Gasteiger partial charge in [-0.2, -0.15) is 0 Å². The van der Waals surface area contributed by atoms with Crippen LogP contribution in [0.1, 0.15) is 22.1 Å². The van der Waals surface area contributed by atoms with Crippen molar-refractivity contribution in [3.05, 3.63) is 35.4 Å². The zero-order valence-electron chi connectivity index (χ0n) is 7.80. The number of hydrogen-bond acceptors (Lipinski definition) is 3. The van der Waals surface area contributed by atoms with E-state index < -0.39 is 6.23 Å². The van der Waals surface area contributed by atoms with Gasteiger partial charge in [0.1, 0.15) is 6.73 Å². The molecule has 0 fully saturated rings. The molecule has 4 heteroatoms. The first-order valence-corrected chi connectivity index (χ1v) is 4.32. The molecule has 0 saturated heterocycles. The number of aliphatic hydroxyl groups excluding tert-OH is 1. The summed E-state index contributed by atoms with van der Waals surface area (Å²) in [7, 11) is 1.49. The van der Waals surface area contributed by atoms with Gasteiger partial charge in [-0.15, -0.1) is 0 Å². The van der Waals surface area contributed by atoms with Crippen LogP contribution in [0.4, 0.5) is 0 Å². The summed E-state index contributed by atoms with van der Waals surface area (Å²) in [5.41, 5.74) is 1.20. The number of fused-ring (bicyclic) bond motifs is 1. The number of hydrogen-bond donors (Lipinski definition) is 1. The number of methoxy groups -OCH3 is 1. The van der Waals surface area contributed by atoms with Gasteiger partial charge in [-0.1, -0.05) is 18.2 Å². The molecule has 0 bridgehead atoms. The maximum Gasteiger partial charge on any atom is 0.258 e. The third kappa shape index (κ3) is 1.20. The van der Waals surface area contributed by atoms with Gasteiger partial charge in [-0.3, -0.25) is 9.69 Å². The first kappa shape index (κ1) is 9.18. The molecule has 1 aromatic carbocycles. The fourth-order valence-corrected chi connectivity index (χ4v) is 1.62. The molecule has 1 unspecified atom stereocenters. The molecule has 1 aromatic rings. The SMILES string of the molecule is COCN1C(=O)c2ccccc2C1O. The molecule has 1 amide bonds. The van der Waals surface area contributed by atoms with E-state index in [4.69, 9.17) is 4.74 Å². The molecule has 1 N–H and O–H groups in total. The Morgan fingerprint density at radius 2 is 2.21 bits per heavy atom. The molecule has 4 nitrogen and oxygen atoms in total. The smallest absolute Gasteiger partial charge is 0.258 e. The summed E-state index contributed by atoms with van der Waals surface area (Å²) in [6.07, 6.45) is -0.876. The largest absolute Gasteiger partial charge is 0.369 e. The first-order chi connectivity index (χ1) is 6.75. The van der Waals surface area contributed by atoms with Gasteiger partial charge in [0.05, 0.1) is 0 Å². The van der Waals surface area contributed by atoms with Crippen molar-refractivity contribution >= 4 is 5.91 Å².